The van der Waals surface area contributed by atoms with Crippen LogP contribution in [0.1, 0.15) is 32.6 Å². The average Bonchev–Trinajstić information content (AvgIpc) is 2.98. The van der Waals surface area contributed by atoms with Gasteiger partial charge in [0.05, 0.1) is 4.91 Å². The molecule has 4 heteroatoms. The lowest BCUT2D eigenvalue weighted by Crippen LogP contribution is -2.00. The van der Waals surface area contributed by atoms with Crippen molar-refractivity contribution in [2.24, 2.45) is 0 Å². The number of halogens is 1. The van der Waals surface area contributed by atoms with Crippen molar-refractivity contribution in [3.05, 3.63) is 98.4 Å². The van der Waals surface area contributed by atoms with E-state index < -0.39 is 0 Å². The number of fused-ring (bicyclic) bond motifs is 1. The molecule has 1 aliphatic rings. The minimum atomic E-state index is 0.0963. The van der Waals surface area contributed by atoms with E-state index in [-0.39, 0.29) is 5.78 Å². The van der Waals surface area contributed by atoms with Crippen molar-refractivity contribution < 1.29 is 9.53 Å². The molecule has 0 radical (unpaired) electrons. The number of carbonyl (C=O) groups excluding carboxylic acids is 1. The van der Waals surface area contributed by atoms with Crippen LogP contribution in [0, 0.1) is 13.8 Å². The summed E-state index contributed by atoms with van der Waals surface area (Å²) in [6, 6.07) is 19.5. The van der Waals surface area contributed by atoms with Crippen molar-refractivity contribution >= 4 is 35.2 Å². The summed E-state index contributed by atoms with van der Waals surface area (Å²) in [6.07, 6.45) is 1.97. The Bertz CT molecular complexity index is 1060. The van der Waals surface area contributed by atoms with Crippen molar-refractivity contribution in [1.82, 2.24) is 0 Å². The smallest absolute Gasteiger partial charge is 0.200 e. The zero-order valence-electron chi connectivity index (χ0n) is 15.7. The third kappa shape index (κ3) is 3.87. The summed E-state index contributed by atoms with van der Waals surface area (Å²) in [7, 11) is 0. The fraction of sp³-hybridized carbons (Fsp3) is 0.125. The molecule has 4 rings (SSSR count). The monoisotopic (exact) mass is 406 g/mol. The van der Waals surface area contributed by atoms with Crippen LogP contribution in [0.2, 0.25) is 5.02 Å². The van der Waals surface area contributed by atoms with Crippen LogP contribution in [0.25, 0.3) is 6.08 Å². The minimum absolute atomic E-state index is 0.0963. The van der Waals surface area contributed by atoms with Gasteiger partial charge in [-0.2, -0.15) is 0 Å². The number of ether oxygens (including phenoxy) is 1. The number of carbonyl (C=O) groups is 1. The van der Waals surface area contributed by atoms with Crippen LogP contribution in [0.4, 0.5) is 0 Å². The lowest BCUT2D eigenvalue weighted by molar-refractivity contribution is 0.104. The van der Waals surface area contributed by atoms with Crippen LogP contribution in [-0.4, -0.2) is 5.78 Å². The fourth-order valence-electron chi connectivity index (χ4n) is 3.32. The van der Waals surface area contributed by atoms with Gasteiger partial charge < -0.3 is 4.74 Å². The Balaban J connectivity index is 1.55. The normalized spacial score (nSPS) is 14.4. The number of ketones is 1. The Kier molecular flexibility index (Phi) is 5.29. The highest BCUT2D eigenvalue weighted by Gasteiger charge is 2.25. The highest BCUT2D eigenvalue weighted by atomic mass is 35.5. The third-order valence-electron chi connectivity index (χ3n) is 4.65. The molecule has 2 nitrogen and oxygen atoms in total. The van der Waals surface area contributed by atoms with E-state index in [0.717, 1.165) is 48.4 Å². The van der Waals surface area contributed by atoms with Crippen LogP contribution in [0.15, 0.2) is 70.5 Å². The van der Waals surface area contributed by atoms with E-state index in [0.29, 0.717) is 6.61 Å². The average molecular weight is 407 g/mol. The summed E-state index contributed by atoms with van der Waals surface area (Å²) in [5.74, 6) is 0.977. The molecule has 0 saturated heterocycles. The molecule has 0 fully saturated rings. The van der Waals surface area contributed by atoms with Crippen molar-refractivity contribution in [3.63, 3.8) is 0 Å². The number of thioether (sulfide) groups is 1. The van der Waals surface area contributed by atoms with E-state index in [9.17, 15) is 4.79 Å². The van der Waals surface area contributed by atoms with Crippen molar-refractivity contribution in [3.8, 4) is 5.75 Å². The van der Waals surface area contributed by atoms with Gasteiger partial charge in [0.25, 0.3) is 0 Å². The van der Waals surface area contributed by atoms with Gasteiger partial charge in [-0.1, -0.05) is 47.6 Å². The van der Waals surface area contributed by atoms with Gasteiger partial charge in [0, 0.05) is 15.5 Å². The number of aryl methyl sites for hydroxylation is 2. The number of Topliss-reactive ketones (excluding diaryl/α,β-unsaturated/α-hetero) is 1. The number of hydrogen-bond donors (Lipinski definition) is 0. The van der Waals surface area contributed by atoms with E-state index in [1.807, 2.05) is 68.5 Å². The van der Waals surface area contributed by atoms with Crippen molar-refractivity contribution in [1.29, 1.82) is 0 Å². The summed E-state index contributed by atoms with van der Waals surface area (Å²) < 4.78 is 6.05. The summed E-state index contributed by atoms with van der Waals surface area (Å²) in [6.45, 7) is 4.55. The lowest BCUT2D eigenvalue weighted by Gasteiger charge is -2.13. The Labute approximate surface area is 174 Å². The van der Waals surface area contributed by atoms with Gasteiger partial charge in [0.2, 0.25) is 5.78 Å². The molecule has 0 spiro atoms. The molecule has 0 saturated carbocycles. The maximum absolute atomic E-state index is 12.6. The van der Waals surface area contributed by atoms with E-state index in [2.05, 4.69) is 12.1 Å². The van der Waals surface area contributed by atoms with E-state index >= 15 is 0 Å². The van der Waals surface area contributed by atoms with E-state index in [1.165, 1.54) is 11.8 Å². The number of hydrogen-bond acceptors (Lipinski definition) is 3. The van der Waals surface area contributed by atoms with Crippen molar-refractivity contribution in [2.75, 3.05) is 0 Å². The first-order valence-electron chi connectivity index (χ1n) is 9.03. The summed E-state index contributed by atoms with van der Waals surface area (Å²) in [5, 5.41) is 0.718. The molecule has 0 atom stereocenters. The van der Waals surface area contributed by atoms with Crippen LogP contribution >= 0.6 is 23.4 Å². The SMILES string of the molecule is Cc1cc(/C=C2\Sc3ccccc3C2=O)cc(C)c1OCc1ccc(Cl)cc1. The second-order valence-corrected chi connectivity index (χ2v) is 8.36. The molecular weight excluding hydrogens is 388 g/mol. The molecule has 0 bridgehead atoms. The van der Waals surface area contributed by atoms with Gasteiger partial charge in [-0.3, -0.25) is 4.79 Å². The molecule has 3 aromatic rings. The molecule has 1 aliphatic heterocycles. The van der Waals surface area contributed by atoms with E-state index in [1.54, 1.807) is 0 Å². The Morgan fingerprint density at radius 1 is 1.00 bits per heavy atom. The Morgan fingerprint density at radius 3 is 2.36 bits per heavy atom. The second kappa shape index (κ2) is 7.86. The van der Waals surface area contributed by atoms with Crippen molar-refractivity contribution in [2.45, 2.75) is 25.3 Å². The van der Waals surface area contributed by atoms with Gasteiger partial charge >= 0.3 is 0 Å². The fourth-order valence-corrected chi connectivity index (χ4v) is 4.50. The molecule has 0 amide bonds. The molecule has 0 N–H and O–H groups in total. The first-order chi connectivity index (χ1) is 13.5. The molecule has 0 unspecified atom stereocenters. The molecular formula is C24H19ClO2S. The second-order valence-electron chi connectivity index (χ2n) is 6.83. The standard InChI is InChI=1S/C24H19ClO2S/c1-15-11-18(13-22-23(26)20-5-3-4-6-21(20)28-22)12-16(2)24(15)27-14-17-7-9-19(25)10-8-17/h3-13H,14H2,1-2H3/b22-13-. The lowest BCUT2D eigenvalue weighted by atomic mass is 10.0. The zero-order valence-corrected chi connectivity index (χ0v) is 17.2. The molecule has 3 aromatic carbocycles. The minimum Gasteiger partial charge on any atom is -0.488 e. The molecule has 1 heterocycles. The first kappa shape index (κ1) is 18.9. The number of benzene rings is 3. The topological polar surface area (TPSA) is 26.3 Å². The first-order valence-corrected chi connectivity index (χ1v) is 10.2. The largest absolute Gasteiger partial charge is 0.488 e. The number of rotatable bonds is 4. The summed E-state index contributed by atoms with van der Waals surface area (Å²) in [5.41, 5.74) is 4.97. The van der Waals surface area contributed by atoms with Gasteiger partial charge in [-0.15, -0.1) is 0 Å². The highest BCUT2D eigenvalue weighted by molar-refractivity contribution is 8.04. The quantitative estimate of drug-likeness (QED) is 0.442. The van der Waals surface area contributed by atoms with Crippen LogP contribution in [-0.2, 0) is 6.61 Å². The maximum Gasteiger partial charge on any atom is 0.200 e. The zero-order chi connectivity index (χ0) is 19.7. The summed E-state index contributed by atoms with van der Waals surface area (Å²) in [4.78, 5) is 14.4. The van der Waals surface area contributed by atoms with Crippen LogP contribution in [0.3, 0.4) is 0 Å². The Hall–Kier alpha value is -2.49. The Morgan fingerprint density at radius 2 is 1.68 bits per heavy atom. The number of allylic oxidation sites excluding steroid dienone is 1. The van der Waals surface area contributed by atoms with E-state index in [4.69, 9.17) is 16.3 Å². The van der Waals surface area contributed by atoms with Crippen LogP contribution in [0.5, 0.6) is 5.75 Å². The van der Waals surface area contributed by atoms with Gasteiger partial charge in [-0.25, -0.2) is 0 Å². The van der Waals surface area contributed by atoms with Gasteiger partial charge in [0.1, 0.15) is 12.4 Å². The summed E-state index contributed by atoms with van der Waals surface area (Å²) >= 11 is 7.47. The predicted octanol–water partition coefficient (Wildman–Crippen LogP) is 6.87. The van der Waals surface area contributed by atoms with Gasteiger partial charge in [0.15, 0.2) is 0 Å². The predicted molar refractivity (Wildman–Crippen MR) is 116 cm³/mol. The van der Waals surface area contributed by atoms with Crippen LogP contribution < -0.4 is 4.74 Å². The third-order valence-corrected chi connectivity index (χ3v) is 6.00. The molecule has 28 heavy (non-hydrogen) atoms. The highest BCUT2D eigenvalue weighted by Crippen LogP contribution is 2.41. The maximum atomic E-state index is 12.6. The molecule has 0 aliphatic carbocycles. The molecule has 140 valence electrons. The van der Waals surface area contributed by atoms with Gasteiger partial charge in [-0.05, 0) is 78.6 Å². The molecule has 0 aromatic heterocycles.